The zero-order valence-electron chi connectivity index (χ0n) is 12.9. The highest BCUT2D eigenvalue weighted by molar-refractivity contribution is 5.32. The minimum Gasteiger partial charge on any atom is -0.483 e. The highest BCUT2D eigenvalue weighted by Crippen LogP contribution is 2.28. The molecule has 0 aromatic carbocycles. The van der Waals surface area contributed by atoms with Crippen LogP contribution >= 0.6 is 0 Å². The summed E-state index contributed by atoms with van der Waals surface area (Å²) >= 11 is 0. The van der Waals surface area contributed by atoms with Gasteiger partial charge in [0.25, 0.3) is 6.47 Å². The predicted octanol–water partition coefficient (Wildman–Crippen LogP) is 1.33. The van der Waals surface area contributed by atoms with Crippen molar-refractivity contribution in [1.29, 1.82) is 0 Å². The fraction of sp³-hybridized carbons (Fsp3) is 0.643. The summed E-state index contributed by atoms with van der Waals surface area (Å²) in [6.07, 6.45) is 2.94. The molecule has 1 aliphatic heterocycles. The average Bonchev–Trinajstić information content (AvgIpc) is 2.79. The first kappa shape index (κ1) is 17.2. The number of aromatic nitrogens is 2. The zero-order chi connectivity index (χ0) is 15.7. The molecule has 118 valence electrons. The largest absolute Gasteiger partial charge is 0.483 e. The molecule has 7 heteroatoms. The summed E-state index contributed by atoms with van der Waals surface area (Å²) in [6, 6.07) is 1.78. The van der Waals surface area contributed by atoms with Crippen molar-refractivity contribution >= 4 is 12.4 Å². The Labute approximate surface area is 125 Å². The lowest BCUT2D eigenvalue weighted by molar-refractivity contribution is -0.122. The highest BCUT2D eigenvalue weighted by atomic mass is 16.5. The molecule has 1 aliphatic rings. The van der Waals surface area contributed by atoms with Gasteiger partial charge in [0.15, 0.2) is 0 Å². The second-order valence-electron chi connectivity index (χ2n) is 5.41. The van der Waals surface area contributed by atoms with E-state index in [1.165, 1.54) is 6.42 Å². The molecule has 1 unspecified atom stereocenters. The molecule has 0 amide bonds. The van der Waals surface area contributed by atoms with Crippen molar-refractivity contribution in [3.05, 3.63) is 12.3 Å². The lowest BCUT2D eigenvalue weighted by Gasteiger charge is -2.24. The van der Waals surface area contributed by atoms with Gasteiger partial charge >= 0.3 is 0 Å². The van der Waals surface area contributed by atoms with Crippen LogP contribution in [0.25, 0.3) is 0 Å². The number of carboxylic acid groups (broad SMARTS) is 1. The lowest BCUT2D eigenvalue weighted by atomic mass is 9.90. The second-order valence-corrected chi connectivity index (χ2v) is 5.41. The Kier molecular flexibility index (Phi) is 6.87. The first-order valence-electron chi connectivity index (χ1n) is 6.99. The van der Waals surface area contributed by atoms with E-state index in [-0.39, 0.29) is 6.47 Å². The number of carbonyl (C=O) groups is 1. The van der Waals surface area contributed by atoms with Gasteiger partial charge in [-0.3, -0.25) is 4.79 Å². The van der Waals surface area contributed by atoms with Crippen molar-refractivity contribution in [3.8, 4) is 5.88 Å². The molecule has 0 spiro atoms. The molecule has 1 aromatic rings. The third kappa shape index (κ3) is 5.95. The number of nitrogens with one attached hydrogen (secondary N) is 1. The van der Waals surface area contributed by atoms with Gasteiger partial charge in [-0.2, -0.15) is 4.98 Å². The molecule has 1 aromatic heterocycles. The van der Waals surface area contributed by atoms with Crippen LogP contribution in [0.1, 0.15) is 20.3 Å². The summed E-state index contributed by atoms with van der Waals surface area (Å²) < 4.78 is 5.36. The van der Waals surface area contributed by atoms with Crippen LogP contribution in [-0.4, -0.2) is 59.7 Å². The molecular formula is C14H24N4O3. The molecule has 2 heterocycles. The Morgan fingerprint density at radius 2 is 2.33 bits per heavy atom. The zero-order valence-corrected chi connectivity index (χ0v) is 12.9. The molecule has 1 fully saturated rings. The number of anilines is 1. The number of rotatable bonds is 5. The summed E-state index contributed by atoms with van der Waals surface area (Å²) in [7, 11) is 2.16. The molecule has 0 radical (unpaired) electrons. The fourth-order valence-electron chi connectivity index (χ4n) is 2.36. The van der Waals surface area contributed by atoms with Crippen LogP contribution in [0.2, 0.25) is 0 Å². The Morgan fingerprint density at radius 3 is 2.90 bits per heavy atom. The first-order valence-corrected chi connectivity index (χ1v) is 6.99. The summed E-state index contributed by atoms with van der Waals surface area (Å²) in [6.45, 7) is 7.80. The number of nitrogens with zero attached hydrogens (tertiary/aromatic N) is 3. The van der Waals surface area contributed by atoms with Crippen molar-refractivity contribution < 1.29 is 14.6 Å². The van der Waals surface area contributed by atoms with Crippen LogP contribution in [0.5, 0.6) is 5.88 Å². The first-order chi connectivity index (χ1) is 10.0. The van der Waals surface area contributed by atoms with Gasteiger partial charge in [-0.05, 0) is 32.4 Å². The van der Waals surface area contributed by atoms with Gasteiger partial charge in [-0.15, -0.1) is 0 Å². The summed E-state index contributed by atoms with van der Waals surface area (Å²) in [5, 5.41) is 10.2. The number of ether oxygens (including phenoxy) is 1. The number of hydrogen-bond acceptors (Lipinski definition) is 6. The normalized spacial score (nSPS) is 21.3. The Balaban J connectivity index is 0.000000677. The van der Waals surface area contributed by atoms with Crippen LogP contribution < -0.4 is 10.1 Å². The van der Waals surface area contributed by atoms with E-state index in [1.54, 1.807) is 12.3 Å². The topological polar surface area (TPSA) is 87.6 Å². The van der Waals surface area contributed by atoms with Crippen molar-refractivity contribution in [1.82, 2.24) is 14.9 Å². The van der Waals surface area contributed by atoms with E-state index < -0.39 is 0 Å². The van der Waals surface area contributed by atoms with Crippen LogP contribution in [0.15, 0.2) is 12.3 Å². The van der Waals surface area contributed by atoms with Crippen LogP contribution in [0.4, 0.5) is 5.95 Å². The maximum absolute atomic E-state index is 8.36. The Hall–Kier alpha value is -1.89. The lowest BCUT2D eigenvalue weighted by Crippen LogP contribution is -2.30. The maximum atomic E-state index is 8.36. The van der Waals surface area contributed by atoms with Gasteiger partial charge in [-0.25, -0.2) is 4.98 Å². The molecule has 2 rings (SSSR count). The van der Waals surface area contributed by atoms with Gasteiger partial charge in [-0.1, -0.05) is 6.92 Å². The molecular weight excluding hydrogens is 272 g/mol. The molecule has 7 nitrogen and oxygen atoms in total. The van der Waals surface area contributed by atoms with Crippen molar-refractivity contribution in [2.24, 2.45) is 5.41 Å². The highest BCUT2D eigenvalue weighted by Gasteiger charge is 2.31. The summed E-state index contributed by atoms with van der Waals surface area (Å²) in [5.41, 5.74) is 0.305. The second kappa shape index (κ2) is 8.41. The van der Waals surface area contributed by atoms with E-state index in [0.29, 0.717) is 23.9 Å². The average molecular weight is 296 g/mol. The Morgan fingerprint density at radius 1 is 1.62 bits per heavy atom. The van der Waals surface area contributed by atoms with Gasteiger partial charge in [0.2, 0.25) is 11.8 Å². The van der Waals surface area contributed by atoms with Crippen molar-refractivity contribution in [3.63, 3.8) is 0 Å². The SMILES string of the molecule is CCOc1ccnc(NCC2(C)CCN(C)C2)n1.O=CO. The Bertz CT molecular complexity index is 444. The monoisotopic (exact) mass is 296 g/mol. The smallest absolute Gasteiger partial charge is 0.290 e. The fourth-order valence-corrected chi connectivity index (χ4v) is 2.36. The van der Waals surface area contributed by atoms with Gasteiger partial charge < -0.3 is 20.1 Å². The third-order valence-corrected chi connectivity index (χ3v) is 3.34. The molecule has 1 saturated heterocycles. The minimum atomic E-state index is -0.250. The van der Waals surface area contributed by atoms with E-state index in [0.717, 1.165) is 19.6 Å². The van der Waals surface area contributed by atoms with E-state index in [2.05, 4.69) is 34.2 Å². The van der Waals surface area contributed by atoms with Crippen LogP contribution in [-0.2, 0) is 4.79 Å². The van der Waals surface area contributed by atoms with Gasteiger partial charge in [0, 0.05) is 25.4 Å². The molecule has 0 aliphatic carbocycles. The third-order valence-electron chi connectivity index (χ3n) is 3.34. The van der Waals surface area contributed by atoms with E-state index in [4.69, 9.17) is 14.6 Å². The summed E-state index contributed by atoms with van der Waals surface area (Å²) in [4.78, 5) is 19.3. The van der Waals surface area contributed by atoms with E-state index in [9.17, 15) is 0 Å². The molecule has 21 heavy (non-hydrogen) atoms. The molecule has 0 saturated carbocycles. The standard InChI is InChI=1S/C13H22N4O.CH2O2/c1-4-18-11-5-7-14-12(16-11)15-9-13(2)6-8-17(3)10-13;2-1-3/h5,7H,4,6,8-10H2,1-3H3,(H,14,15,16);1H,(H,2,3). The van der Waals surface area contributed by atoms with Gasteiger partial charge in [0.05, 0.1) is 6.61 Å². The van der Waals surface area contributed by atoms with Crippen molar-refractivity contribution in [2.75, 3.05) is 38.6 Å². The van der Waals surface area contributed by atoms with Crippen molar-refractivity contribution in [2.45, 2.75) is 20.3 Å². The number of likely N-dealkylation sites (tertiary alicyclic amines) is 1. The molecule has 2 N–H and O–H groups in total. The maximum Gasteiger partial charge on any atom is 0.290 e. The minimum absolute atomic E-state index is 0.250. The summed E-state index contributed by atoms with van der Waals surface area (Å²) in [5.74, 6) is 1.28. The van der Waals surface area contributed by atoms with Crippen LogP contribution in [0, 0.1) is 5.41 Å². The number of hydrogen-bond donors (Lipinski definition) is 2. The van der Waals surface area contributed by atoms with Crippen LogP contribution in [0.3, 0.4) is 0 Å². The van der Waals surface area contributed by atoms with E-state index >= 15 is 0 Å². The quantitative estimate of drug-likeness (QED) is 0.792. The predicted molar refractivity (Wildman–Crippen MR) is 80.6 cm³/mol. The van der Waals surface area contributed by atoms with Gasteiger partial charge in [0.1, 0.15) is 0 Å². The van der Waals surface area contributed by atoms with E-state index in [1.807, 2.05) is 6.92 Å². The molecule has 0 bridgehead atoms. The molecule has 1 atom stereocenters.